The summed E-state index contributed by atoms with van der Waals surface area (Å²) in [7, 11) is -12.6. The average molecular weight is 370 g/mol. The van der Waals surface area contributed by atoms with Gasteiger partial charge in [0.1, 0.15) is 0 Å². The lowest BCUT2D eigenvalue weighted by Gasteiger charge is -2.25. The highest BCUT2D eigenvalue weighted by Crippen LogP contribution is 2.36. The molecule has 7 nitrogen and oxygen atoms in total. The number of hydrogen-bond donors (Lipinski definition) is 1. The zero-order valence-corrected chi connectivity index (χ0v) is 15.2. The van der Waals surface area contributed by atoms with Gasteiger partial charge in [-0.05, 0) is 23.1 Å². The quantitative estimate of drug-likeness (QED) is 0.788. The molecule has 0 heterocycles. The molecule has 10 heteroatoms. The van der Waals surface area contributed by atoms with Crippen molar-refractivity contribution >= 4 is 29.8 Å². The molecule has 0 aliphatic rings. The SMILES string of the molecule is CC(C)(C)c1c(S(C)(=O)=O)cc(S(=O)(=O)O)cc1S(C)(=O)=O. The van der Waals surface area contributed by atoms with Crippen LogP contribution in [0, 0.1) is 0 Å². The summed E-state index contributed by atoms with van der Waals surface area (Å²) in [6.07, 6.45) is 1.69. The summed E-state index contributed by atoms with van der Waals surface area (Å²) < 4.78 is 79.7. The summed E-state index contributed by atoms with van der Waals surface area (Å²) in [6, 6.07) is 1.56. The van der Waals surface area contributed by atoms with Crippen molar-refractivity contribution in [3.05, 3.63) is 17.7 Å². The third kappa shape index (κ3) is 4.06. The normalized spacial score (nSPS) is 14.1. The van der Waals surface area contributed by atoms with Crippen molar-refractivity contribution in [1.29, 1.82) is 0 Å². The molecular formula is C12H18O7S3. The van der Waals surface area contributed by atoms with Crippen LogP contribution >= 0.6 is 0 Å². The second-order valence-corrected chi connectivity index (χ2v) is 11.5. The first-order valence-electron chi connectivity index (χ1n) is 6.02. The molecule has 0 aliphatic carbocycles. The number of benzene rings is 1. The van der Waals surface area contributed by atoms with Gasteiger partial charge in [-0.3, -0.25) is 4.55 Å². The molecule has 1 N–H and O–H groups in total. The summed E-state index contributed by atoms with van der Waals surface area (Å²) in [6.45, 7) is 4.83. The topological polar surface area (TPSA) is 123 Å². The fourth-order valence-electron chi connectivity index (χ4n) is 2.04. The molecule has 0 saturated carbocycles. The van der Waals surface area contributed by atoms with Crippen molar-refractivity contribution in [2.45, 2.75) is 40.9 Å². The number of rotatable bonds is 3. The van der Waals surface area contributed by atoms with Gasteiger partial charge in [0.25, 0.3) is 10.1 Å². The molecule has 22 heavy (non-hydrogen) atoms. The Morgan fingerprint density at radius 1 is 0.818 bits per heavy atom. The Balaban J connectivity index is 4.24. The van der Waals surface area contributed by atoms with E-state index in [1.54, 1.807) is 20.8 Å². The van der Waals surface area contributed by atoms with Crippen LogP contribution in [-0.2, 0) is 35.2 Å². The molecule has 126 valence electrons. The van der Waals surface area contributed by atoms with Gasteiger partial charge in [0, 0.05) is 12.5 Å². The molecule has 1 rings (SSSR count). The fourth-order valence-corrected chi connectivity index (χ4v) is 5.04. The van der Waals surface area contributed by atoms with E-state index in [1.807, 2.05) is 0 Å². The summed E-state index contributed by atoms with van der Waals surface area (Å²) in [4.78, 5) is -1.65. The molecule has 0 radical (unpaired) electrons. The fraction of sp³-hybridized carbons (Fsp3) is 0.500. The average Bonchev–Trinajstić information content (AvgIpc) is 2.22. The standard InChI is InChI=1S/C12H18O7S3/c1-12(2,3)11-9(20(4,13)14)6-8(22(17,18)19)7-10(11)21(5,15)16/h6-7H,1-5H3,(H,17,18,19). The molecule has 0 bridgehead atoms. The van der Waals surface area contributed by atoms with Crippen molar-refractivity contribution < 1.29 is 29.8 Å². The maximum Gasteiger partial charge on any atom is 0.294 e. The predicted molar refractivity (Wildman–Crippen MR) is 81.2 cm³/mol. The van der Waals surface area contributed by atoms with Crippen molar-refractivity contribution in [3.8, 4) is 0 Å². The summed E-state index contributed by atoms with van der Waals surface area (Å²) in [5.41, 5.74) is -0.890. The lowest BCUT2D eigenvalue weighted by Crippen LogP contribution is -2.22. The maximum atomic E-state index is 12.0. The Morgan fingerprint density at radius 3 is 1.32 bits per heavy atom. The van der Waals surface area contributed by atoms with E-state index in [2.05, 4.69) is 0 Å². The van der Waals surface area contributed by atoms with E-state index in [0.29, 0.717) is 0 Å². The van der Waals surface area contributed by atoms with E-state index in [-0.39, 0.29) is 5.56 Å². The van der Waals surface area contributed by atoms with E-state index >= 15 is 0 Å². The first kappa shape index (κ1) is 19.1. The Labute approximate surface area is 131 Å². The number of hydrogen-bond acceptors (Lipinski definition) is 6. The zero-order valence-electron chi connectivity index (χ0n) is 12.8. The van der Waals surface area contributed by atoms with E-state index in [9.17, 15) is 25.3 Å². The van der Waals surface area contributed by atoms with Crippen LogP contribution in [-0.4, -0.2) is 42.3 Å². The molecular weight excluding hydrogens is 352 g/mol. The lowest BCUT2D eigenvalue weighted by molar-refractivity contribution is 0.481. The molecule has 0 atom stereocenters. The zero-order chi connectivity index (χ0) is 17.7. The molecule has 1 aromatic carbocycles. The Bertz CT molecular complexity index is 862. The van der Waals surface area contributed by atoms with Crippen LogP contribution in [0.4, 0.5) is 0 Å². The van der Waals surface area contributed by atoms with E-state index in [0.717, 1.165) is 24.6 Å². The van der Waals surface area contributed by atoms with E-state index in [4.69, 9.17) is 4.55 Å². The minimum atomic E-state index is -4.76. The third-order valence-corrected chi connectivity index (χ3v) is 5.96. The highest BCUT2D eigenvalue weighted by molar-refractivity contribution is 7.91. The molecule has 0 saturated heterocycles. The van der Waals surface area contributed by atoms with Gasteiger partial charge in [0.15, 0.2) is 19.7 Å². The van der Waals surface area contributed by atoms with Gasteiger partial charge >= 0.3 is 0 Å². The highest BCUT2D eigenvalue weighted by atomic mass is 32.2. The lowest BCUT2D eigenvalue weighted by atomic mass is 9.87. The van der Waals surface area contributed by atoms with Crippen LogP contribution in [0.15, 0.2) is 26.8 Å². The minimum Gasteiger partial charge on any atom is -0.282 e. The maximum absolute atomic E-state index is 12.0. The Kier molecular flexibility index (Phi) is 4.59. The summed E-state index contributed by atoms with van der Waals surface area (Å²) in [5, 5.41) is 0. The summed E-state index contributed by atoms with van der Waals surface area (Å²) in [5.74, 6) is 0. The molecule has 0 spiro atoms. The molecule has 1 aromatic rings. The van der Waals surface area contributed by atoms with Gasteiger partial charge in [-0.15, -0.1) is 0 Å². The Morgan fingerprint density at radius 2 is 1.14 bits per heavy atom. The van der Waals surface area contributed by atoms with Crippen LogP contribution in [0.25, 0.3) is 0 Å². The smallest absolute Gasteiger partial charge is 0.282 e. The second-order valence-electron chi connectivity index (χ2n) is 6.06. The van der Waals surface area contributed by atoms with Crippen LogP contribution < -0.4 is 0 Å². The monoisotopic (exact) mass is 370 g/mol. The van der Waals surface area contributed by atoms with Crippen molar-refractivity contribution in [2.24, 2.45) is 0 Å². The highest BCUT2D eigenvalue weighted by Gasteiger charge is 2.32. The van der Waals surface area contributed by atoms with Crippen LogP contribution in [0.5, 0.6) is 0 Å². The van der Waals surface area contributed by atoms with Crippen molar-refractivity contribution in [1.82, 2.24) is 0 Å². The molecule has 0 aromatic heterocycles. The minimum absolute atomic E-state index is 0.00935. The largest absolute Gasteiger partial charge is 0.294 e. The number of sulfone groups is 2. The van der Waals surface area contributed by atoms with Gasteiger partial charge in [-0.2, -0.15) is 8.42 Å². The Hall–Kier alpha value is -0.970. The van der Waals surface area contributed by atoms with Gasteiger partial charge < -0.3 is 0 Å². The summed E-state index contributed by atoms with van der Waals surface area (Å²) >= 11 is 0. The first-order chi connectivity index (χ1) is 9.45. The molecule has 0 fully saturated rings. The van der Waals surface area contributed by atoms with Gasteiger partial charge in [-0.1, -0.05) is 20.8 Å². The van der Waals surface area contributed by atoms with Crippen molar-refractivity contribution in [3.63, 3.8) is 0 Å². The van der Waals surface area contributed by atoms with Crippen LogP contribution in [0.2, 0.25) is 0 Å². The first-order valence-corrected chi connectivity index (χ1v) is 11.2. The molecule has 0 amide bonds. The van der Waals surface area contributed by atoms with Gasteiger partial charge in [0.05, 0.1) is 14.7 Å². The third-order valence-electron chi connectivity index (χ3n) is 2.89. The molecule has 0 aliphatic heterocycles. The van der Waals surface area contributed by atoms with E-state index in [1.165, 1.54) is 0 Å². The van der Waals surface area contributed by atoms with Gasteiger partial charge in [-0.25, -0.2) is 16.8 Å². The van der Waals surface area contributed by atoms with Gasteiger partial charge in [0.2, 0.25) is 0 Å². The second kappa shape index (κ2) is 5.29. The molecule has 0 unspecified atom stereocenters. The van der Waals surface area contributed by atoms with E-state index < -0.39 is 49.9 Å². The van der Waals surface area contributed by atoms with Crippen molar-refractivity contribution in [2.75, 3.05) is 12.5 Å². The predicted octanol–water partition coefficient (Wildman–Crippen LogP) is 1.04. The van der Waals surface area contributed by atoms with Crippen LogP contribution in [0.3, 0.4) is 0 Å². The van der Waals surface area contributed by atoms with Crippen LogP contribution in [0.1, 0.15) is 26.3 Å².